The number of para-hydroxylation sites is 2. The number of amides is 1. The van der Waals surface area contributed by atoms with Crippen LogP contribution in [0.2, 0.25) is 0 Å². The number of thiophene rings is 1. The molecule has 3 aromatic heterocycles. The van der Waals surface area contributed by atoms with Gasteiger partial charge in [0.25, 0.3) is 0 Å². The van der Waals surface area contributed by atoms with Crippen molar-refractivity contribution in [1.82, 2.24) is 19.8 Å². The highest BCUT2D eigenvalue weighted by atomic mass is 32.2. The van der Waals surface area contributed by atoms with Crippen molar-refractivity contribution in [3.8, 4) is 22.0 Å². The van der Waals surface area contributed by atoms with E-state index >= 15 is 0 Å². The third-order valence-corrected chi connectivity index (χ3v) is 8.68. The SMILES string of the molecule is CC(C(=O)Nc1ccc(-c2ccc3nnc(-c4cccs4)n3n2)cc1)N1c2ccccc2Sc2ccccc21. The first-order chi connectivity index (χ1) is 19.2. The van der Waals surface area contributed by atoms with Crippen LogP contribution in [0, 0.1) is 0 Å². The van der Waals surface area contributed by atoms with Gasteiger partial charge in [-0.05, 0) is 66.9 Å². The van der Waals surface area contributed by atoms with Gasteiger partial charge in [-0.15, -0.1) is 21.5 Å². The molecule has 1 aliphatic heterocycles. The number of rotatable bonds is 5. The van der Waals surface area contributed by atoms with Gasteiger partial charge in [0.05, 0.1) is 21.9 Å². The Kier molecular flexibility index (Phi) is 5.87. The number of nitrogens with zero attached hydrogens (tertiary/aromatic N) is 5. The lowest BCUT2D eigenvalue weighted by Crippen LogP contribution is -2.40. The minimum absolute atomic E-state index is 0.0797. The summed E-state index contributed by atoms with van der Waals surface area (Å²) < 4.78 is 1.77. The van der Waals surface area contributed by atoms with Crippen LogP contribution in [0.1, 0.15) is 6.92 Å². The van der Waals surface area contributed by atoms with Crippen LogP contribution in [-0.2, 0) is 4.79 Å². The van der Waals surface area contributed by atoms with Crippen molar-refractivity contribution in [3.05, 3.63) is 102 Å². The Morgan fingerprint density at radius 3 is 2.23 bits per heavy atom. The second kappa shape index (κ2) is 9.68. The van der Waals surface area contributed by atoms with Crippen LogP contribution in [0.15, 0.2) is 112 Å². The summed E-state index contributed by atoms with van der Waals surface area (Å²) in [4.78, 5) is 18.9. The van der Waals surface area contributed by atoms with Gasteiger partial charge >= 0.3 is 0 Å². The second-order valence-electron chi connectivity index (χ2n) is 9.14. The molecule has 0 saturated heterocycles. The zero-order valence-electron chi connectivity index (χ0n) is 20.9. The standard InChI is InChI=1S/C30H22N6OS2/c1-19(35-23-7-2-4-9-25(23)39-26-10-5-3-8-24(26)35)30(37)31-21-14-12-20(13-15-21)22-16-17-28-32-33-29(36(28)34-22)27-11-6-18-38-27/h2-19H,1H3,(H,31,37). The molecule has 39 heavy (non-hydrogen) atoms. The largest absolute Gasteiger partial charge is 0.327 e. The molecular weight excluding hydrogens is 525 g/mol. The number of nitrogens with one attached hydrogen (secondary N) is 1. The Hall–Kier alpha value is -4.47. The number of fused-ring (bicyclic) bond motifs is 3. The van der Waals surface area contributed by atoms with Crippen molar-refractivity contribution in [2.24, 2.45) is 0 Å². The van der Waals surface area contributed by atoms with Crippen LogP contribution in [0.25, 0.3) is 27.6 Å². The minimum Gasteiger partial charge on any atom is -0.327 e. The van der Waals surface area contributed by atoms with Crippen molar-refractivity contribution in [1.29, 1.82) is 0 Å². The molecule has 7 rings (SSSR count). The fourth-order valence-corrected chi connectivity index (χ4v) is 6.51. The first-order valence-electron chi connectivity index (χ1n) is 12.5. The second-order valence-corrected chi connectivity index (χ2v) is 11.2. The Labute approximate surface area is 233 Å². The number of carbonyl (C=O) groups excluding carboxylic acids is 1. The molecule has 190 valence electrons. The van der Waals surface area contributed by atoms with E-state index < -0.39 is 6.04 Å². The quantitative estimate of drug-likeness (QED) is 0.248. The van der Waals surface area contributed by atoms with E-state index in [9.17, 15) is 4.79 Å². The number of hydrogen-bond donors (Lipinski definition) is 1. The van der Waals surface area contributed by atoms with Gasteiger partial charge in [0.15, 0.2) is 11.5 Å². The molecule has 9 heteroatoms. The fraction of sp³-hybridized carbons (Fsp3) is 0.0667. The van der Waals surface area contributed by atoms with Gasteiger partial charge in [-0.1, -0.05) is 54.2 Å². The predicted molar refractivity (Wildman–Crippen MR) is 157 cm³/mol. The van der Waals surface area contributed by atoms with E-state index in [0.717, 1.165) is 48.8 Å². The normalized spacial score (nSPS) is 13.1. The summed E-state index contributed by atoms with van der Waals surface area (Å²) in [6.45, 7) is 1.94. The van der Waals surface area contributed by atoms with E-state index in [1.165, 1.54) is 0 Å². The molecule has 0 saturated carbocycles. The zero-order valence-corrected chi connectivity index (χ0v) is 22.5. The zero-order chi connectivity index (χ0) is 26.3. The summed E-state index contributed by atoms with van der Waals surface area (Å²) in [6.07, 6.45) is 0. The van der Waals surface area contributed by atoms with E-state index in [-0.39, 0.29) is 5.91 Å². The Balaban J connectivity index is 1.13. The van der Waals surface area contributed by atoms with Gasteiger partial charge in [-0.25, -0.2) is 0 Å². The average Bonchev–Trinajstić information content (AvgIpc) is 3.66. The summed E-state index contributed by atoms with van der Waals surface area (Å²) in [5.74, 6) is 0.642. The highest BCUT2D eigenvalue weighted by Crippen LogP contribution is 2.48. The summed E-state index contributed by atoms with van der Waals surface area (Å²) >= 11 is 3.33. The molecule has 1 unspecified atom stereocenters. The molecule has 3 aromatic carbocycles. The molecule has 0 fully saturated rings. The lowest BCUT2D eigenvalue weighted by molar-refractivity contribution is -0.117. The fourth-order valence-electron chi connectivity index (χ4n) is 4.74. The number of carbonyl (C=O) groups is 1. The maximum atomic E-state index is 13.5. The van der Waals surface area contributed by atoms with Gasteiger partial charge in [-0.2, -0.15) is 9.61 Å². The van der Waals surface area contributed by atoms with E-state index in [4.69, 9.17) is 5.10 Å². The first-order valence-corrected chi connectivity index (χ1v) is 14.2. The molecule has 1 atom stereocenters. The highest BCUT2D eigenvalue weighted by molar-refractivity contribution is 7.99. The van der Waals surface area contributed by atoms with Crippen molar-refractivity contribution in [2.45, 2.75) is 22.8 Å². The third-order valence-electron chi connectivity index (χ3n) is 6.69. The number of hydrogen-bond acceptors (Lipinski definition) is 7. The van der Waals surface area contributed by atoms with Crippen molar-refractivity contribution >= 4 is 51.7 Å². The highest BCUT2D eigenvalue weighted by Gasteiger charge is 2.30. The summed E-state index contributed by atoms with van der Waals surface area (Å²) in [5.41, 5.74) is 5.23. The molecule has 0 aliphatic carbocycles. The molecule has 0 spiro atoms. The molecule has 0 bridgehead atoms. The monoisotopic (exact) mass is 546 g/mol. The summed E-state index contributed by atoms with van der Waals surface area (Å²) in [7, 11) is 0. The van der Waals surface area contributed by atoms with Gasteiger partial charge in [0, 0.05) is 21.0 Å². The van der Waals surface area contributed by atoms with Crippen LogP contribution in [0.5, 0.6) is 0 Å². The number of aromatic nitrogens is 4. The molecule has 4 heterocycles. The molecule has 7 nitrogen and oxygen atoms in total. The van der Waals surface area contributed by atoms with E-state index in [2.05, 4.69) is 44.7 Å². The number of benzene rings is 3. The Morgan fingerprint density at radius 2 is 1.54 bits per heavy atom. The molecule has 1 aliphatic rings. The summed E-state index contributed by atoms with van der Waals surface area (Å²) in [6, 6.07) is 31.6. The van der Waals surface area contributed by atoms with Crippen molar-refractivity contribution in [3.63, 3.8) is 0 Å². The predicted octanol–water partition coefficient (Wildman–Crippen LogP) is 7.15. The van der Waals surface area contributed by atoms with E-state index in [1.807, 2.05) is 85.1 Å². The minimum atomic E-state index is -0.415. The Morgan fingerprint density at radius 1 is 0.821 bits per heavy atom. The van der Waals surface area contributed by atoms with E-state index in [0.29, 0.717) is 5.65 Å². The lowest BCUT2D eigenvalue weighted by atomic mass is 10.1. The van der Waals surface area contributed by atoms with Gasteiger partial charge in [-0.3, -0.25) is 4.79 Å². The average molecular weight is 547 g/mol. The van der Waals surface area contributed by atoms with Gasteiger partial charge in [0.1, 0.15) is 6.04 Å². The summed E-state index contributed by atoms with van der Waals surface area (Å²) in [5, 5.41) is 18.5. The van der Waals surface area contributed by atoms with Gasteiger partial charge < -0.3 is 10.2 Å². The maximum Gasteiger partial charge on any atom is 0.247 e. The smallest absolute Gasteiger partial charge is 0.247 e. The van der Waals surface area contributed by atoms with Crippen molar-refractivity contribution < 1.29 is 4.79 Å². The van der Waals surface area contributed by atoms with Crippen LogP contribution in [-0.4, -0.2) is 31.8 Å². The Bertz CT molecular complexity index is 1770. The van der Waals surface area contributed by atoms with Crippen LogP contribution >= 0.6 is 23.1 Å². The van der Waals surface area contributed by atoms with Gasteiger partial charge in [0.2, 0.25) is 5.91 Å². The van der Waals surface area contributed by atoms with Crippen molar-refractivity contribution in [2.75, 3.05) is 10.2 Å². The molecule has 0 radical (unpaired) electrons. The molecule has 6 aromatic rings. The third kappa shape index (κ3) is 4.25. The lowest BCUT2D eigenvalue weighted by Gasteiger charge is -2.36. The first kappa shape index (κ1) is 23.6. The topological polar surface area (TPSA) is 75.4 Å². The van der Waals surface area contributed by atoms with Crippen LogP contribution in [0.3, 0.4) is 0 Å². The van der Waals surface area contributed by atoms with E-state index in [1.54, 1.807) is 27.6 Å². The maximum absolute atomic E-state index is 13.5. The van der Waals surface area contributed by atoms with Crippen LogP contribution < -0.4 is 10.2 Å². The molecule has 1 amide bonds. The molecule has 1 N–H and O–H groups in total. The van der Waals surface area contributed by atoms with Crippen LogP contribution in [0.4, 0.5) is 17.1 Å². The molecular formula is C30H22N6OS2. The number of anilines is 3.